The van der Waals surface area contributed by atoms with Crippen LogP contribution in [0.15, 0.2) is 33.9 Å². The molecule has 2 atom stereocenters. The van der Waals surface area contributed by atoms with Gasteiger partial charge in [0, 0.05) is 25.0 Å². The summed E-state index contributed by atoms with van der Waals surface area (Å²) in [6.07, 6.45) is 10.4. The van der Waals surface area contributed by atoms with Gasteiger partial charge in [0.2, 0.25) is 5.91 Å². The Bertz CT molecular complexity index is 694. The molecule has 1 amide bonds. The second-order valence-corrected chi connectivity index (χ2v) is 8.98. The monoisotopic (exact) mass is 388 g/mol. The molecular weight excluding hydrogens is 360 g/mol. The summed E-state index contributed by atoms with van der Waals surface area (Å²) in [4.78, 5) is 24.4. The number of allylic oxidation sites excluding steroid dienone is 2. The van der Waals surface area contributed by atoms with Crippen molar-refractivity contribution in [2.24, 2.45) is 15.9 Å². The highest BCUT2D eigenvalue weighted by molar-refractivity contribution is 8.00. The zero-order valence-corrected chi connectivity index (χ0v) is 16.7. The molecule has 0 aromatic rings. The molecule has 146 valence electrons. The number of hydrogen-bond acceptors (Lipinski definition) is 6. The molecule has 4 rings (SSSR count). The summed E-state index contributed by atoms with van der Waals surface area (Å²) in [5.74, 6) is 1.25. The Labute approximate surface area is 165 Å². The average Bonchev–Trinajstić information content (AvgIpc) is 2.67. The van der Waals surface area contributed by atoms with E-state index in [0.717, 1.165) is 68.6 Å². The van der Waals surface area contributed by atoms with Crippen molar-refractivity contribution < 1.29 is 9.53 Å². The van der Waals surface area contributed by atoms with Crippen molar-refractivity contribution in [2.75, 3.05) is 39.1 Å². The first-order valence-electron chi connectivity index (χ1n) is 9.91. The fourth-order valence-corrected chi connectivity index (χ4v) is 5.01. The first-order chi connectivity index (χ1) is 13.2. The lowest BCUT2D eigenvalue weighted by atomic mass is 9.95. The Hall–Kier alpha value is -1.44. The molecule has 0 spiro atoms. The van der Waals surface area contributed by atoms with Gasteiger partial charge in [-0.15, -0.1) is 0 Å². The van der Waals surface area contributed by atoms with E-state index in [1.54, 1.807) is 0 Å². The van der Waals surface area contributed by atoms with E-state index in [-0.39, 0.29) is 11.8 Å². The number of carbonyl (C=O) groups is 1. The van der Waals surface area contributed by atoms with E-state index < -0.39 is 0 Å². The van der Waals surface area contributed by atoms with Crippen molar-refractivity contribution >= 4 is 29.2 Å². The molecule has 0 radical (unpaired) electrons. The van der Waals surface area contributed by atoms with Crippen LogP contribution in [0, 0.1) is 5.92 Å². The Balaban J connectivity index is 1.43. The van der Waals surface area contributed by atoms with Crippen LogP contribution < -0.4 is 5.32 Å². The van der Waals surface area contributed by atoms with Crippen LogP contribution in [0.4, 0.5) is 0 Å². The van der Waals surface area contributed by atoms with Gasteiger partial charge in [-0.25, -0.2) is 4.99 Å². The topological polar surface area (TPSA) is 66.3 Å². The first-order valence-corrected chi connectivity index (χ1v) is 11.0. The van der Waals surface area contributed by atoms with Gasteiger partial charge < -0.3 is 15.0 Å². The second-order valence-electron chi connectivity index (χ2n) is 7.69. The molecular formula is C20H28N4O2S. The number of carbonyl (C=O) groups excluding carboxylic acids is 1. The predicted octanol–water partition coefficient (Wildman–Crippen LogP) is 2.03. The number of ether oxygens (including phenoxy) is 1. The molecule has 0 aromatic carbocycles. The molecule has 4 aliphatic rings. The van der Waals surface area contributed by atoms with E-state index in [4.69, 9.17) is 14.7 Å². The zero-order valence-electron chi connectivity index (χ0n) is 15.9. The molecule has 2 unspecified atom stereocenters. The molecule has 0 aromatic heterocycles. The SMILES string of the molecule is CN1CCCC(N=C2C=CC3C(=O)NC(CSC4CCOCC4)=NC3=C2)C1. The summed E-state index contributed by atoms with van der Waals surface area (Å²) in [5, 5.41) is 3.57. The summed E-state index contributed by atoms with van der Waals surface area (Å²) in [7, 11) is 2.15. The summed E-state index contributed by atoms with van der Waals surface area (Å²) in [5.41, 5.74) is 1.77. The lowest BCUT2D eigenvalue weighted by Crippen LogP contribution is -2.42. The number of thioether (sulfide) groups is 1. The highest BCUT2D eigenvalue weighted by atomic mass is 32.2. The number of nitrogens with zero attached hydrogens (tertiary/aromatic N) is 3. The van der Waals surface area contributed by atoms with E-state index in [0.29, 0.717) is 11.3 Å². The predicted molar refractivity (Wildman–Crippen MR) is 111 cm³/mol. The first kappa shape index (κ1) is 18.9. The maximum atomic E-state index is 12.5. The third-order valence-electron chi connectivity index (χ3n) is 5.44. The minimum Gasteiger partial charge on any atom is -0.381 e. The number of hydrogen-bond donors (Lipinski definition) is 1. The van der Waals surface area contributed by atoms with E-state index in [1.165, 1.54) is 6.42 Å². The summed E-state index contributed by atoms with van der Waals surface area (Å²) >= 11 is 1.87. The van der Waals surface area contributed by atoms with Crippen molar-refractivity contribution in [3.05, 3.63) is 23.9 Å². The molecule has 7 heteroatoms. The van der Waals surface area contributed by atoms with Crippen molar-refractivity contribution in [3.8, 4) is 0 Å². The second kappa shape index (κ2) is 8.71. The van der Waals surface area contributed by atoms with Gasteiger partial charge in [-0.3, -0.25) is 9.79 Å². The van der Waals surface area contributed by atoms with Crippen LogP contribution in [-0.4, -0.2) is 72.7 Å². The number of aliphatic imine (C=N–C) groups is 2. The quantitative estimate of drug-likeness (QED) is 0.800. The Morgan fingerprint density at radius 2 is 2.22 bits per heavy atom. The minimum absolute atomic E-state index is 0.0199. The van der Waals surface area contributed by atoms with Crippen LogP contribution in [0.5, 0.6) is 0 Å². The molecule has 0 bridgehead atoms. The molecule has 3 heterocycles. The smallest absolute Gasteiger partial charge is 0.238 e. The number of fused-ring (bicyclic) bond motifs is 1. The largest absolute Gasteiger partial charge is 0.381 e. The van der Waals surface area contributed by atoms with Gasteiger partial charge in [-0.1, -0.05) is 6.08 Å². The average molecular weight is 389 g/mol. The number of rotatable bonds is 4. The van der Waals surface area contributed by atoms with E-state index in [1.807, 2.05) is 30.0 Å². The molecule has 1 N–H and O–H groups in total. The normalized spacial score (nSPS) is 31.3. The minimum atomic E-state index is -0.283. The maximum Gasteiger partial charge on any atom is 0.238 e. The fraction of sp³-hybridized carbons (Fsp3) is 0.650. The van der Waals surface area contributed by atoms with Gasteiger partial charge in [0.1, 0.15) is 5.84 Å². The Morgan fingerprint density at radius 1 is 1.37 bits per heavy atom. The zero-order chi connectivity index (χ0) is 18.6. The molecule has 6 nitrogen and oxygen atoms in total. The molecule has 27 heavy (non-hydrogen) atoms. The van der Waals surface area contributed by atoms with Crippen molar-refractivity contribution in [2.45, 2.75) is 37.0 Å². The molecule has 0 saturated carbocycles. The summed E-state index contributed by atoms with van der Waals surface area (Å²) in [6.45, 7) is 3.83. The molecule has 2 fully saturated rings. The van der Waals surface area contributed by atoms with E-state index in [2.05, 4.69) is 17.3 Å². The lowest BCUT2D eigenvalue weighted by Gasteiger charge is -2.28. The Kier molecular flexibility index (Phi) is 6.10. The van der Waals surface area contributed by atoms with Gasteiger partial charge >= 0.3 is 0 Å². The van der Waals surface area contributed by atoms with Gasteiger partial charge in [0.05, 0.1) is 29.1 Å². The molecule has 3 aliphatic heterocycles. The maximum absolute atomic E-state index is 12.5. The lowest BCUT2D eigenvalue weighted by molar-refractivity contribution is -0.121. The third kappa shape index (κ3) is 4.89. The third-order valence-corrected chi connectivity index (χ3v) is 6.83. The Morgan fingerprint density at radius 3 is 3.04 bits per heavy atom. The van der Waals surface area contributed by atoms with Gasteiger partial charge in [-0.2, -0.15) is 11.8 Å². The van der Waals surface area contributed by atoms with Crippen LogP contribution in [0.3, 0.4) is 0 Å². The summed E-state index contributed by atoms with van der Waals surface area (Å²) < 4.78 is 5.41. The highest BCUT2D eigenvalue weighted by Gasteiger charge is 2.29. The number of likely N-dealkylation sites (N-methyl/N-ethyl adjacent to an activating group) is 1. The van der Waals surface area contributed by atoms with Crippen molar-refractivity contribution in [3.63, 3.8) is 0 Å². The number of nitrogens with one attached hydrogen (secondary N) is 1. The van der Waals surface area contributed by atoms with Crippen LogP contribution in [-0.2, 0) is 9.53 Å². The molecule has 2 saturated heterocycles. The van der Waals surface area contributed by atoms with Crippen LogP contribution >= 0.6 is 11.8 Å². The number of likely N-dealkylation sites (tertiary alicyclic amines) is 1. The van der Waals surface area contributed by atoms with Crippen molar-refractivity contribution in [1.82, 2.24) is 10.2 Å². The van der Waals surface area contributed by atoms with Crippen LogP contribution in [0.1, 0.15) is 25.7 Å². The van der Waals surface area contributed by atoms with Crippen molar-refractivity contribution in [1.29, 1.82) is 0 Å². The van der Waals surface area contributed by atoms with E-state index >= 15 is 0 Å². The standard InChI is InChI=1S/C20H28N4O2S/c1-24-8-2-3-15(12-24)21-14-4-5-17-18(11-14)22-19(23-20(17)25)13-27-16-6-9-26-10-7-16/h4-5,11,15-17H,2-3,6-10,12-13H2,1H3,(H,22,23,25). The van der Waals surface area contributed by atoms with Crippen LogP contribution in [0.25, 0.3) is 0 Å². The van der Waals surface area contributed by atoms with Gasteiger partial charge in [0.25, 0.3) is 0 Å². The van der Waals surface area contributed by atoms with Gasteiger partial charge in [0.15, 0.2) is 0 Å². The van der Waals surface area contributed by atoms with Gasteiger partial charge in [-0.05, 0) is 51.4 Å². The fourth-order valence-electron chi connectivity index (χ4n) is 3.95. The highest BCUT2D eigenvalue weighted by Crippen LogP contribution is 2.26. The number of amidine groups is 1. The van der Waals surface area contributed by atoms with Crippen LogP contribution in [0.2, 0.25) is 0 Å². The van der Waals surface area contributed by atoms with E-state index in [9.17, 15) is 4.79 Å². The summed E-state index contributed by atoms with van der Waals surface area (Å²) in [6, 6.07) is 0.335. The molecule has 1 aliphatic carbocycles. The number of piperidine rings is 1. The number of amides is 1.